The van der Waals surface area contributed by atoms with Crippen molar-refractivity contribution in [3.63, 3.8) is 0 Å². The second-order valence-electron chi connectivity index (χ2n) is 3.16. The van der Waals surface area contributed by atoms with Gasteiger partial charge < -0.3 is 5.11 Å². The van der Waals surface area contributed by atoms with E-state index in [0.29, 0.717) is 0 Å². The van der Waals surface area contributed by atoms with Crippen LogP contribution in [0.1, 0.15) is 0 Å². The van der Waals surface area contributed by atoms with Gasteiger partial charge in [0, 0.05) is 0 Å². The van der Waals surface area contributed by atoms with Crippen LogP contribution in [-0.2, 0) is 0 Å². The highest BCUT2D eigenvalue weighted by atomic mass is 19.1. The number of hydrogen-bond acceptors (Lipinski definition) is 1. The van der Waals surface area contributed by atoms with Crippen molar-refractivity contribution in [1.82, 2.24) is 0 Å². The molecule has 0 fully saturated rings. The fourth-order valence-electron chi connectivity index (χ4n) is 1.26. The first kappa shape index (κ1) is 10.3. The summed E-state index contributed by atoms with van der Waals surface area (Å²) < 4.78 is 37.2. The Labute approximate surface area is 74.6 Å². The van der Waals surface area contributed by atoms with E-state index in [9.17, 15) is 18.3 Å². The zero-order chi connectivity index (χ0) is 9.90. The molecule has 0 aliphatic heterocycles. The minimum absolute atomic E-state index is 0.209. The normalized spacial score (nSPS) is 25.8. The molecule has 0 bridgehead atoms. The van der Waals surface area contributed by atoms with Gasteiger partial charge in [0.05, 0.1) is 11.5 Å². The molecule has 0 amide bonds. The van der Waals surface area contributed by atoms with Gasteiger partial charge in [-0.3, -0.25) is 0 Å². The van der Waals surface area contributed by atoms with Gasteiger partial charge in [-0.15, -0.1) is 0 Å². The van der Waals surface area contributed by atoms with Gasteiger partial charge in [0.15, 0.2) is 0 Å². The summed E-state index contributed by atoms with van der Waals surface area (Å²) in [6.45, 7) is -2.83. The summed E-state index contributed by atoms with van der Waals surface area (Å²) in [5.74, 6) is 0. The Bertz CT molecular complexity index is 231. The lowest BCUT2D eigenvalue weighted by molar-refractivity contribution is 0.0531. The minimum atomic E-state index is -1.57. The van der Waals surface area contributed by atoms with Gasteiger partial charge in [0.2, 0.25) is 0 Å². The summed E-state index contributed by atoms with van der Waals surface area (Å²) in [6, 6.07) is 0. The van der Waals surface area contributed by atoms with Crippen molar-refractivity contribution in [2.75, 3.05) is 20.0 Å². The molecule has 1 N–H and O–H groups in total. The van der Waals surface area contributed by atoms with E-state index in [1.165, 1.54) is 12.2 Å². The smallest absolute Gasteiger partial charge is 0.114 e. The molecule has 0 aromatic heterocycles. The number of alkyl halides is 3. The number of allylic oxidation sites excluding steroid dienone is 2. The van der Waals surface area contributed by atoms with E-state index >= 15 is 0 Å². The zero-order valence-electron chi connectivity index (χ0n) is 7.01. The third-order valence-electron chi connectivity index (χ3n) is 2.21. The summed E-state index contributed by atoms with van der Waals surface area (Å²) in [7, 11) is 0. The Hall–Kier alpha value is -0.770. The van der Waals surface area contributed by atoms with Crippen LogP contribution in [0.2, 0.25) is 0 Å². The molecule has 0 saturated carbocycles. The maximum atomic E-state index is 12.5. The van der Waals surface area contributed by atoms with Crippen LogP contribution in [-0.4, -0.2) is 31.2 Å². The molecule has 0 saturated heterocycles. The van der Waals surface area contributed by atoms with E-state index in [4.69, 9.17) is 0 Å². The van der Waals surface area contributed by atoms with Crippen LogP contribution >= 0.6 is 0 Å². The average molecular weight is 192 g/mol. The van der Waals surface area contributed by atoms with E-state index in [1.807, 2.05) is 0 Å². The molecule has 1 aliphatic carbocycles. The molecule has 0 spiro atoms. The molecule has 4 heteroatoms. The first-order valence-electron chi connectivity index (χ1n) is 3.94. The van der Waals surface area contributed by atoms with Crippen molar-refractivity contribution in [3.8, 4) is 0 Å². The molecular weight excluding hydrogens is 181 g/mol. The Morgan fingerprint density at radius 2 is 1.92 bits per heavy atom. The van der Waals surface area contributed by atoms with Gasteiger partial charge in [-0.25, -0.2) is 13.2 Å². The fourth-order valence-corrected chi connectivity index (χ4v) is 1.26. The molecule has 1 aliphatic rings. The highest BCUT2D eigenvalue weighted by Crippen LogP contribution is 2.32. The number of aliphatic hydroxyl groups is 1. The predicted molar refractivity (Wildman–Crippen MR) is 43.6 cm³/mol. The molecule has 0 radical (unpaired) electrons. The molecule has 0 aromatic rings. The molecule has 1 nitrogen and oxygen atoms in total. The Balaban J connectivity index is 2.94. The molecular formula is C9H11F3O. The highest BCUT2D eigenvalue weighted by molar-refractivity contribution is 5.30. The monoisotopic (exact) mass is 192 g/mol. The second kappa shape index (κ2) is 3.96. The molecule has 0 heterocycles. The van der Waals surface area contributed by atoms with Gasteiger partial charge in [0.1, 0.15) is 20.0 Å². The minimum Gasteiger partial charge on any atom is -0.388 e. The third kappa shape index (κ3) is 1.77. The lowest BCUT2D eigenvalue weighted by Crippen LogP contribution is -2.38. The summed E-state index contributed by atoms with van der Waals surface area (Å²) in [5.41, 5.74) is -1.36. The second-order valence-corrected chi connectivity index (χ2v) is 3.16. The Morgan fingerprint density at radius 3 is 2.38 bits per heavy atom. The van der Waals surface area contributed by atoms with Gasteiger partial charge >= 0.3 is 0 Å². The van der Waals surface area contributed by atoms with Crippen LogP contribution < -0.4 is 0 Å². The van der Waals surface area contributed by atoms with Gasteiger partial charge in [-0.1, -0.05) is 18.2 Å². The lowest BCUT2D eigenvalue weighted by atomic mass is 9.79. The van der Waals surface area contributed by atoms with Crippen molar-refractivity contribution < 1.29 is 18.3 Å². The fraction of sp³-hybridized carbons (Fsp3) is 0.556. The first-order valence-corrected chi connectivity index (χ1v) is 3.94. The molecule has 1 atom stereocenters. The summed E-state index contributed by atoms with van der Waals surface area (Å²) in [4.78, 5) is 0. The maximum absolute atomic E-state index is 12.5. The van der Waals surface area contributed by atoms with Crippen LogP contribution in [0.5, 0.6) is 0 Å². The third-order valence-corrected chi connectivity index (χ3v) is 2.21. The van der Waals surface area contributed by atoms with Crippen molar-refractivity contribution in [1.29, 1.82) is 0 Å². The average Bonchev–Trinajstić information content (AvgIpc) is 2.19. The first-order chi connectivity index (χ1) is 6.18. The van der Waals surface area contributed by atoms with Gasteiger partial charge in [0.25, 0.3) is 0 Å². The highest BCUT2D eigenvalue weighted by Gasteiger charge is 2.37. The standard InChI is InChI=1S/C9H11F3O/c10-4-7-1-2-8(13)9(3-7,5-11)6-12/h1-3,8,13H,4-6H2. The molecule has 1 unspecified atom stereocenters. The number of hydrogen-bond donors (Lipinski definition) is 1. The molecule has 1 rings (SSSR count). The van der Waals surface area contributed by atoms with E-state index in [0.717, 1.165) is 6.08 Å². The van der Waals surface area contributed by atoms with E-state index in [-0.39, 0.29) is 5.57 Å². The Morgan fingerprint density at radius 1 is 1.31 bits per heavy atom. The predicted octanol–water partition coefficient (Wildman–Crippen LogP) is 1.74. The van der Waals surface area contributed by atoms with Crippen molar-refractivity contribution in [2.45, 2.75) is 6.10 Å². The van der Waals surface area contributed by atoms with Crippen molar-refractivity contribution >= 4 is 0 Å². The van der Waals surface area contributed by atoms with Crippen LogP contribution in [0.15, 0.2) is 23.8 Å². The van der Waals surface area contributed by atoms with Crippen LogP contribution in [0, 0.1) is 5.41 Å². The number of halogens is 3. The van der Waals surface area contributed by atoms with E-state index < -0.39 is 31.5 Å². The maximum Gasteiger partial charge on any atom is 0.114 e. The topological polar surface area (TPSA) is 20.2 Å². The molecule has 13 heavy (non-hydrogen) atoms. The van der Waals surface area contributed by atoms with Gasteiger partial charge in [-0.2, -0.15) is 0 Å². The quantitative estimate of drug-likeness (QED) is 0.722. The number of aliphatic hydroxyl groups excluding tert-OH is 1. The van der Waals surface area contributed by atoms with Crippen molar-refractivity contribution in [2.24, 2.45) is 5.41 Å². The SMILES string of the molecule is OC1C=CC(CF)=CC1(CF)CF. The largest absolute Gasteiger partial charge is 0.388 e. The molecule has 0 aromatic carbocycles. The molecule has 74 valence electrons. The van der Waals surface area contributed by atoms with Crippen LogP contribution in [0.25, 0.3) is 0 Å². The summed E-state index contributed by atoms with van der Waals surface area (Å²) in [6.07, 6.45) is 2.48. The Kier molecular flexibility index (Phi) is 3.14. The van der Waals surface area contributed by atoms with Crippen molar-refractivity contribution in [3.05, 3.63) is 23.8 Å². The van der Waals surface area contributed by atoms with Gasteiger partial charge in [-0.05, 0) is 5.57 Å². The van der Waals surface area contributed by atoms with Crippen LogP contribution in [0.4, 0.5) is 13.2 Å². The van der Waals surface area contributed by atoms with E-state index in [1.54, 1.807) is 0 Å². The lowest BCUT2D eigenvalue weighted by Gasteiger charge is -2.31. The van der Waals surface area contributed by atoms with Crippen LogP contribution in [0.3, 0.4) is 0 Å². The van der Waals surface area contributed by atoms with E-state index in [2.05, 4.69) is 0 Å². The summed E-state index contributed by atoms with van der Waals surface area (Å²) >= 11 is 0. The number of rotatable bonds is 3. The summed E-state index contributed by atoms with van der Waals surface area (Å²) in [5, 5.41) is 9.30. The zero-order valence-corrected chi connectivity index (χ0v) is 7.01.